The maximum absolute atomic E-state index is 2.41. The minimum atomic E-state index is 1.12. The van der Waals surface area contributed by atoms with Crippen LogP contribution in [0, 0.1) is 13.8 Å². The third-order valence-electron chi connectivity index (χ3n) is 11.3. The molecule has 0 amide bonds. The lowest BCUT2D eigenvalue weighted by molar-refractivity contribution is 1.27. The van der Waals surface area contributed by atoms with E-state index in [2.05, 4.69) is 231 Å². The molecular formula is C56H41N. The van der Waals surface area contributed by atoms with E-state index in [4.69, 9.17) is 0 Å². The topological polar surface area (TPSA) is 3.24 Å². The fourth-order valence-electron chi connectivity index (χ4n) is 8.46. The van der Waals surface area contributed by atoms with E-state index in [1.54, 1.807) is 0 Å². The number of nitrogens with zero attached hydrogens (tertiary/aromatic N) is 1. The summed E-state index contributed by atoms with van der Waals surface area (Å²) in [7, 11) is 0. The van der Waals surface area contributed by atoms with Gasteiger partial charge in [0.25, 0.3) is 0 Å². The Labute approximate surface area is 334 Å². The van der Waals surface area contributed by atoms with E-state index in [1.807, 2.05) is 0 Å². The largest absolute Gasteiger partial charge is 0.311 e. The van der Waals surface area contributed by atoms with Crippen molar-refractivity contribution in [1.29, 1.82) is 0 Å². The Kier molecular flexibility index (Phi) is 8.69. The van der Waals surface area contributed by atoms with Crippen molar-refractivity contribution in [2.45, 2.75) is 13.8 Å². The highest BCUT2D eigenvalue weighted by atomic mass is 15.1. The molecule has 0 aromatic heterocycles. The molecule has 0 fully saturated rings. The van der Waals surface area contributed by atoms with Crippen LogP contribution in [0.2, 0.25) is 0 Å². The van der Waals surface area contributed by atoms with Gasteiger partial charge in [-0.15, -0.1) is 0 Å². The highest BCUT2D eigenvalue weighted by Gasteiger charge is 2.20. The zero-order chi connectivity index (χ0) is 38.3. The summed E-state index contributed by atoms with van der Waals surface area (Å²) in [5.74, 6) is 0. The lowest BCUT2D eigenvalue weighted by Crippen LogP contribution is -2.09. The summed E-state index contributed by atoms with van der Waals surface area (Å²) < 4.78 is 0. The van der Waals surface area contributed by atoms with Gasteiger partial charge in [-0.05, 0) is 157 Å². The standard InChI is InChI=1S/C56H41N/c1-38-21-27-48(28-22-38)57(49-29-23-39(2)24-30-49)50-31-25-42(26-32-50)55-51-19-11-12-20-52(51)56(54-37-44-18-10-9-17-43(44)36-53(54)55)47-34-45(40-13-5-3-6-14-40)33-46(35-47)41-15-7-4-8-16-41/h3-37H,1-2H3. The predicted octanol–water partition coefficient (Wildman–Crippen LogP) is 15.9. The third-order valence-corrected chi connectivity index (χ3v) is 11.3. The highest BCUT2D eigenvalue weighted by Crippen LogP contribution is 2.47. The van der Waals surface area contributed by atoms with Crippen LogP contribution in [0.5, 0.6) is 0 Å². The number of anilines is 3. The molecule has 0 N–H and O–H groups in total. The molecule has 0 heterocycles. The van der Waals surface area contributed by atoms with Gasteiger partial charge >= 0.3 is 0 Å². The van der Waals surface area contributed by atoms with Gasteiger partial charge < -0.3 is 4.90 Å². The first-order valence-corrected chi connectivity index (χ1v) is 19.7. The zero-order valence-electron chi connectivity index (χ0n) is 32.2. The van der Waals surface area contributed by atoms with Crippen LogP contribution in [0.3, 0.4) is 0 Å². The van der Waals surface area contributed by atoms with Crippen molar-refractivity contribution in [3.8, 4) is 44.5 Å². The fraction of sp³-hybridized carbons (Fsp3) is 0.0357. The van der Waals surface area contributed by atoms with E-state index < -0.39 is 0 Å². The van der Waals surface area contributed by atoms with Crippen LogP contribution in [0.15, 0.2) is 212 Å². The van der Waals surface area contributed by atoms with Crippen LogP contribution < -0.4 is 4.90 Å². The molecule has 270 valence electrons. The smallest absolute Gasteiger partial charge is 0.0462 e. The van der Waals surface area contributed by atoms with Gasteiger partial charge in [-0.1, -0.05) is 157 Å². The SMILES string of the molecule is Cc1ccc(N(c2ccc(C)cc2)c2ccc(-c3c4ccccc4c(-c4cc(-c5ccccc5)cc(-c5ccccc5)c4)c4cc5ccccc5cc34)cc2)cc1. The summed E-state index contributed by atoms with van der Waals surface area (Å²) in [6.45, 7) is 4.28. The minimum Gasteiger partial charge on any atom is -0.311 e. The van der Waals surface area contributed by atoms with E-state index in [9.17, 15) is 0 Å². The summed E-state index contributed by atoms with van der Waals surface area (Å²) in [5.41, 5.74) is 15.6. The van der Waals surface area contributed by atoms with E-state index in [1.165, 1.54) is 88.0 Å². The van der Waals surface area contributed by atoms with E-state index in [0.717, 1.165) is 17.1 Å². The summed E-state index contributed by atoms with van der Waals surface area (Å²) in [6.07, 6.45) is 0. The molecule has 0 spiro atoms. The molecule has 0 aliphatic heterocycles. The van der Waals surface area contributed by atoms with Gasteiger partial charge in [0.1, 0.15) is 0 Å². The number of aryl methyl sites for hydroxylation is 2. The molecule has 1 heteroatoms. The third kappa shape index (κ3) is 6.44. The zero-order valence-corrected chi connectivity index (χ0v) is 32.2. The molecule has 0 saturated carbocycles. The normalized spacial score (nSPS) is 11.3. The van der Waals surface area contributed by atoms with Crippen molar-refractivity contribution in [2.75, 3.05) is 4.90 Å². The van der Waals surface area contributed by atoms with Gasteiger partial charge in [-0.3, -0.25) is 0 Å². The molecule has 0 aliphatic carbocycles. The van der Waals surface area contributed by atoms with Gasteiger partial charge in [0.2, 0.25) is 0 Å². The summed E-state index contributed by atoms with van der Waals surface area (Å²) in [6, 6.07) is 78.0. The van der Waals surface area contributed by atoms with Gasteiger partial charge in [-0.25, -0.2) is 0 Å². The Morgan fingerprint density at radius 2 is 0.632 bits per heavy atom. The second-order valence-electron chi connectivity index (χ2n) is 15.1. The molecule has 0 atom stereocenters. The fourth-order valence-corrected chi connectivity index (χ4v) is 8.46. The maximum Gasteiger partial charge on any atom is 0.0462 e. The Balaban J connectivity index is 1.22. The van der Waals surface area contributed by atoms with Gasteiger partial charge in [-0.2, -0.15) is 0 Å². The molecule has 0 radical (unpaired) electrons. The Morgan fingerprint density at radius 1 is 0.263 bits per heavy atom. The summed E-state index contributed by atoms with van der Waals surface area (Å²) in [5, 5.41) is 7.44. The van der Waals surface area contributed by atoms with Gasteiger partial charge in [0.15, 0.2) is 0 Å². The van der Waals surface area contributed by atoms with Gasteiger partial charge in [0, 0.05) is 17.1 Å². The molecule has 57 heavy (non-hydrogen) atoms. The van der Waals surface area contributed by atoms with Crippen LogP contribution >= 0.6 is 0 Å². The van der Waals surface area contributed by atoms with Gasteiger partial charge in [0.05, 0.1) is 0 Å². The second-order valence-corrected chi connectivity index (χ2v) is 15.1. The first-order chi connectivity index (χ1) is 28.1. The molecule has 0 saturated heterocycles. The van der Waals surface area contributed by atoms with Crippen molar-refractivity contribution < 1.29 is 0 Å². The number of fused-ring (bicyclic) bond motifs is 3. The highest BCUT2D eigenvalue weighted by molar-refractivity contribution is 6.23. The molecule has 1 nitrogen and oxygen atoms in total. The number of hydrogen-bond acceptors (Lipinski definition) is 1. The molecule has 10 aromatic rings. The number of rotatable bonds is 7. The lowest BCUT2D eigenvalue weighted by Gasteiger charge is -2.26. The summed E-state index contributed by atoms with van der Waals surface area (Å²) in [4.78, 5) is 2.35. The summed E-state index contributed by atoms with van der Waals surface area (Å²) >= 11 is 0. The molecular weight excluding hydrogens is 687 g/mol. The van der Waals surface area contributed by atoms with Crippen LogP contribution in [0.1, 0.15) is 11.1 Å². The van der Waals surface area contributed by atoms with Crippen molar-refractivity contribution in [1.82, 2.24) is 0 Å². The van der Waals surface area contributed by atoms with Crippen LogP contribution in [0.4, 0.5) is 17.1 Å². The predicted molar refractivity (Wildman–Crippen MR) is 245 cm³/mol. The lowest BCUT2D eigenvalue weighted by atomic mass is 9.83. The second kappa shape index (κ2) is 14.5. The van der Waals surface area contributed by atoms with Crippen molar-refractivity contribution in [3.63, 3.8) is 0 Å². The Hall–Kier alpha value is -7.22. The average molecular weight is 728 g/mol. The van der Waals surface area contributed by atoms with Crippen molar-refractivity contribution in [3.05, 3.63) is 223 Å². The quantitative estimate of drug-likeness (QED) is 0.148. The van der Waals surface area contributed by atoms with Crippen LogP contribution in [-0.2, 0) is 0 Å². The van der Waals surface area contributed by atoms with Crippen LogP contribution in [-0.4, -0.2) is 0 Å². The molecule has 0 bridgehead atoms. The van der Waals surface area contributed by atoms with E-state index >= 15 is 0 Å². The number of benzene rings is 10. The number of hydrogen-bond donors (Lipinski definition) is 0. The Morgan fingerprint density at radius 3 is 1.09 bits per heavy atom. The molecule has 0 aliphatic rings. The average Bonchev–Trinajstić information content (AvgIpc) is 3.27. The minimum absolute atomic E-state index is 1.12. The monoisotopic (exact) mass is 727 g/mol. The maximum atomic E-state index is 2.41. The van der Waals surface area contributed by atoms with Crippen molar-refractivity contribution >= 4 is 49.4 Å². The Bertz CT molecular complexity index is 2930. The molecule has 10 aromatic carbocycles. The van der Waals surface area contributed by atoms with Crippen molar-refractivity contribution in [2.24, 2.45) is 0 Å². The molecule has 10 rings (SSSR count). The van der Waals surface area contributed by atoms with E-state index in [0.29, 0.717) is 0 Å². The van der Waals surface area contributed by atoms with Crippen LogP contribution in [0.25, 0.3) is 76.8 Å². The van der Waals surface area contributed by atoms with E-state index in [-0.39, 0.29) is 0 Å². The first-order valence-electron chi connectivity index (χ1n) is 19.7. The molecule has 0 unspecified atom stereocenters. The first kappa shape index (κ1) is 34.3.